The van der Waals surface area contributed by atoms with Crippen molar-refractivity contribution in [2.45, 2.75) is 19.8 Å². The Kier molecular flexibility index (Phi) is 7.58. The first-order valence-corrected chi connectivity index (χ1v) is 8.88. The Morgan fingerprint density at radius 3 is 2.58 bits per heavy atom. The van der Waals surface area contributed by atoms with Gasteiger partial charge in [-0.05, 0) is 43.7 Å². The van der Waals surface area contributed by atoms with Crippen molar-refractivity contribution in [1.82, 2.24) is 9.80 Å². The number of amides is 1. The Balaban J connectivity index is 1.81. The number of likely N-dealkylation sites (tertiary alicyclic amines) is 1. The molecule has 0 unspecified atom stereocenters. The standard InChI is InChI=1S/C19H25ClN2O2/c1-2-21(14-15-23)11-3-4-16-9-12-22(13-10-16)19(24)17-5-7-18(20)8-6-17/h5-8,16,23H,2,9-15H2,1H3. The van der Waals surface area contributed by atoms with Gasteiger partial charge in [0.05, 0.1) is 13.2 Å². The molecular weight excluding hydrogens is 324 g/mol. The molecule has 1 aliphatic heterocycles. The van der Waals surface area contributed by atoms with Gasteiger partial charge in [-0.15, -0.1) is 0 Å². The average molecular weight is 349 g/mol. The Hall–Kier alpha value is -1.54. The topological polar surface area (TPSA) is 43.8 Å². The van der Waals surface area contributed by atoms with Gasteiger partial charge in [0.1, 0.15) is 0 Å². The van der Waals surface area contributed by atoms with Crippen LogP contribution in [0.1, 0.15) is 30.1 Å². The quantitative estimate of drug-likeness (QED) is 0.831. The molecule has 0 spiro atoms. The van der Waals surface area contributed by atoms with Crippen molar-refractivity contribution in [3.8, 4) is 11.8 Å². The van der Waals surface area contributed by atoms with Crippen molar-refractivity contribution in [2.24, 2.45) is 5.92 Å². The monoisotopic (exact) mass is 348 g/mol. The number of carbonyl (C=O) groups excluding carboxylic acids is 1. The van der Waals surface area contributed by atoms with Crippen LogP contribution >= 0.6 is 11.6 Å². The van der Waals surface area contributed by atoms with Crippen LogP contribution in [0.25, 0.3) is 0 Å². The third kappa shape index (κ3) is 5.52. The number of piperidine rings is 1. The molecule has 1 aromatic rings. The van der Waals surface area contributed by atoms with Gasteiger partial charge in [-0.3, -0.25) is 9.69 Å². The van der Waals surface area contributed by atoms with Crippen molar-refractivity contribution >= 4 is 17.5 Å². The maximum atomic E-state index is 12.4. The molecule has 0 atom stereocenters. The van der Waals surface area contributed by atoms with E-state index in [4.69, 9.17) is 16.7 Å². The lowest BCUT2D eigenvalue weighted by Crippen LogP contribution is -2.38. The van der Waals surface area contributed by atoms with Gasteiger partial charge in [-0.1, -0.05) is 30.4 Å². The SMILES string of the molecule is CCN(CC#CC1CCN(C(=O)c2ccc(Cl)cc2)CC1)CCO. The van der Waals surface area contributed by atoms with Crippen molar-refractivity contribution in [1.29, 1.82) is 0 Å². The predicted octanol–water partition coefficient (Wildman–Crippen LogP) is 2.51. The molecule has 0 aliphatic carbocycles. The molecule has 4 nitrogen and oxygen atoms in total. The van der Waals surface area contributed by atoms with Gasteiger partial charge in [0.2, 0.25) is 0 Å². The molecule has 1 N–H and O–H groups in total. The second-order valence-corrected chi connectivity index (χ2v) is 6.42. The van der Waals surface area contributed by atoms with Gasteiger partial charge < -0.3 is 10.0 Å². The summed E-state index contributed by atoms with van der Waals surface area (Å²) in [5.41, 5.74) is 0.687. The Bertz CT molecular complexity index is 584. The number of halogens is 1. The van der Waals surface area contributed by atoms with Crippen LogP contribution in [-0.4, -0.2) is 60.1 Å². The van der Waals surface area contributed by atoms with Crippen LogP contribution in [-0.2, 0) is 0 Å². The van der Waals surface area contributed by atoms with Crippen molar-refractivity contribution < 1.29 is 9.90 Å². The number of hydrogen-bond donors (Lipinski definition) is 1. The molecule has 1 aliphatic rings. The number of nitrogens with zero attached hydrogens (tertiary/aromatic N) is 2. The molecule has 1 aromatic carbocycles. The van der Waals surface area contributed by atoms with Crippen LogP contribution in [0.5, 0.6) is 0 Å². The normalized spacial score (nSPS) is 15.2. The second kappa shape index (κ2) is 9.68. The van der Waals surface area contributed by atoms with E-state index in [1.54, 1.807) is 24.3 Å². The van der Waals surface area contributed by atoms with Gasteiger partial charge in [0, 0.05) is 36.1 Å². The number of likely N-dealkylation sites (N-methyl/N-ethyl adjacent to an activating group) is 1. The number of aliphatic hydroxyl groups is 1. The summed E-state index contributed by atoms with van der Waals surface area (Å²) in [5.74, 6) is 6.96. The maximum absolute atomic E-state index is 12.4. The molecule has 1 saturated heterocycles. The Morgan fingerprint density at radius 2 is 2.00 bits per heavy atom. The molecule has 0 radical (unpaired) electrons. The minimum Gasteiger partial charge on any atom is -0.395 e. The summed E-state index contributed by atoms with van der Waals surface area (Å²) in [6.07, 6.45) is 1.83. The lowest BCUT2D eigenvalue weighted by molar-refractivity contribution is 0.0708. The zero-order valence-corrected chi connectivity index (χ0v) is 14.9. The fraction of sp³-hybridized carbons (Fsp3) is 0.526. The summed E-state index contributed by atoms with van der Waals surface area (Å²) in [4.78, 5) is 16.5. The average Bonchev–Trinajstić information content (AvgIpc) is 2.61. The lowest BCUT2D eigenvalue weighted by atomic mass is 9.97. The summed E-state index contributed by atoms with van der Waals surface area (Å²) in [7, 11) is 0. The first-order chi connectivity index (χ1) is 11.6. The summed E-state index contributed by atoms with van der Waals surface area (Å²) in [5, 5.41) is 9.61. The highest BCUT2D eigenvalue weighted by Crippen LogP contribution is 2.19. The first kappa shape index (κ1) is 18.8. The molecular formula is C19H25ClN2O2. The highest BCUT2D eigenvalue weighted by atomic mass is 35.5. The molecule has 5 heteroatoms. The number of rotatable bonds is 5. The predicted molar refractivity (Wildman–Crippen MR) is 97.1 cm³/mol. The van der Waals surface area contributed by atoms with E-state index in [-0.39, 0.29) is 12.5 Å². The minimum absolute atomic E-state index is 0.0678. The van der Waals surface area contributed by atoms with E-state index >= 15 is 0 Å². The molecule has 0 aromatic heterocycles. The van der Waals surface area contributed by atoms with Crippen molar-refractivity contribution in [2.75, 3.05) is 39.3 Å². The highest BCUT2D eigenvalue weighted by Gasteiger charge is 2.22. The van der Waals surface area contributed by atoms with Crippen LogP contribution in [0.3, 0.4) is 0 Å². The zero-order valence-electron chi connectivity index (χ0n) is 14.2. The maximum Gasteiger partial charge on any atom is 0.253 e. The fourth-order valence-electron chi connectivity index (χ4n) is 2.79. The van der Waals surface area contributed by atoms with Crippen LogP contribution in [0.4, 0.5) is 0 Å². The van der Waals surface area contributed by atoms with Crippen LogP contribution in [0, 0.1) is 17.8 Å². The molecule has 24 heavy (non-hydrogen) atoms. The first-order valence-electron chi connectivity index (χ1n) is 8.50. The smallest absolute Gasteiger partial charge is 0.253 e. The lowest BCUT2D eigenvalue weighted by Gasteiger charge is -2.30. The van der Waals surface area contributed by atoms with Crippen LogP contribution in [0.15, 0.2) is 24.3 Å². The Labute approximate surface area is 149 Å². The third-order valence-corrected chi connectivity index (χ3v) is 4.60. The van der Waals surface area contributed by atoms with E-state index in [1.807, 2.05) is 4.90 Å². The summed E-state index contributed by atoms with van der Waals surface area (Å²) >= 11 is 5.86. The van der Waals surface area contributed by atoms with Crippen molar-refractivity contribution in [3.63, 3.8) is 0 Å². The van der Waals surface area contributed by atoms with E-state index < -0.39 is 0 Å². The summed E-state index contributed by atoms with van der Waals surface area (Å²) < 4.78 is 0. The van der Waals surface area contributed by atoms with E-state index in [0.29, 0.717) is 29.6 Å². The molecule has 1 heterocycles. The van der Waals surface area contributed by atoms with E-state index in [0.717, 1.165) is 32.5 Å². The minimum atomic E-state index is 0.0678. The molecule has 130 valence electrons. The second-order valence-electron chi connectivity index (χ2n) is 5.99. The largest absolute Gasteiger partial charge is 0.395 e. The number of hydrogen-bond acceptors (Lipinski definition) is 3. The van der Waals surface area contributed by atoms with Gasteiger partial charge in [0.25, 0.3) is 5.91 Å². The van der Waals surface area contributed by atoms with Crippen molar-refractivity contribution in [3.05, 3.63) is 34.9 Å². The summed E-state index contributed by atoms with van der Waals surface area (Å²) in [6, 6.07) is 7.05. The van der Waals surface area contributed by atoms with Gasteiger partial charge in [0.15, 0.2) is 0 Å². The zero-order chi connectivity index (χ0) is 17.4. The molecule has 1 fully saturated rings. The molecule has 0 bridgehead atoms. The van der Waals surface area contributed by atoms with E-state index in [1.165, 1.54) is 0 Å². The Morgan fingerprint density at radius 1 is 1.33 bits per heavy atom. The molecule has 1 amide bonds. The highest BCUT2D eigenvalue weighted by molar-refractivity contribution is 6.30. The third-order valence-electron chi connectivity index (χ3n) is 4.35. The van der Waals surface area contributed by atoms with E-state index in [9.17, 15) is 4.79 Å². The summed E-state index contributed by atoms with van der Waals surface area (Å²) in [6.45, 7) is 5.98. The van der Waals surface area contributed by atoms with Gasteiger partial charge in [-0.25, -0.2) is 0 Å². The number of benzene rings is 1. The molecule has 2 rings (SSSR count). The fourth-order valence-corrected chi connectivity index (χ4v) is 2.92. The van der Waals surface area contributed by atoms with Gasteiger partial charge >= 0.3 is 0 Å². The van der Waals surface area contributed by atoms with E-state index in [2.05, 4.69) is 23.7 Å². The number of carbonyl (C=O) groups is 1. The van der Waals surface area contributed by atoms with Crippen LogP contribution in [0.2, 0.25) is 5.02 Å². The number of aliphatic hydroxyl groups excluding tert-OH is 1. The molecule has 0 saturated carbocycles. The van der Waals surface area contributed by atoms with Crippen LogP contribution < -0.4 is 0 Å². The van der Waals surface area contributed by atoms with Gasteiger partial charge in [-0.2, -0.15) is 0 Å².